The van der Waals surface area contributed by atoms with Crippen molar-refractivity contribution in [2.45, 2.75) is 41.0 Å². The van der Waals surface area contributed by atoms with E-state index >= 15 is 0 Å². The van der Waals surface area contributed by atoms with Gasteiger partial charge < -0.3 is 19.5 Å². The normalized spacial score (nSPS) is 15.8. The molecule has 1 N–H and O–H groups in total. The van der Waals surface area contributed by atoms with Gasteiger partial charge in [0.25, 0.3) is 5.91 Å². The van der Waals surface area contributed by atoms with E-state index in [-0.39, 0.29) is 17.5 Å². The molecule has 2 aromatic rings. The van der Waals surface area contributed by atoms with Crippen LogP contribution in [-0.4, -0.2) is 30.1 Å². The van der Waals surface area contributed by atoms with Gasteiger partial charge in [-0.1, -0.05) is 19.0 Å². The number of nitrogens with one attached hydrogen (secondary N) is 1. The number of carbonyl (C=O) groups is 2. The predicted octanol–water partition coefficient (Wildman–Crippen LogP) is 4.03. The van der Waals surface area contributed by atoms with E-state index in [1.54, 1.807) is 36.1 Å². The lowest BCUT2D eigenvalue weighted by molar-refractivity contribution is -0.127. The van der Waals surface area contributed by atoms with Crippen molar-refractivity contribution in [3.8, 4) is 5.75 Å². The van der Waals surface area contributed by atoms with Gasteiger partial charge in [-0.15, -0.1) is 0 Å². The van der Waals surface area contributed by atoms with E-state index in [9.17, 15) is 9.59 Å². The Balaban J connectivity index is 1.91. The van der Waals surface area contributed by atoms with Crippen LogP contribution < -0.4 is 15.0 Å². The molecule has 2 heterocycles. The van der Waals surface area contributed by atoms with Crippen LogP contribution in [0.2, 0.25) is 0 Å². The van der Waals surface area contributed by atoms with Crippen molar-refractivity contribution >= 4 is 23.2 Å². The summed E-state index contributed by atoms with van der Waals surface area (Å²) in [6, 6.07) is 6.89. The minimum Gasteiger partial charge on any atom is -0.490 e. The van der Waals surface area contributed by atoms with Gasteiger partial charge in [0.1, 0.15) is 18.1 Å². The zero-order valence-corrected chi connectivity index (χ0v) is 17.0. The molecule has 0 saturated carbocycles. The molecule has 0 spiro atoms. The number of hydrogen-bond donors (Lipinski definition) is 1. The van der Waals surface area contributed by atoms with Crippen LogP contribution in [0.15, 0.2) is 28.8 Å². The molecular weight excluding hydrogens is 358 g/mol. The van der Waals surface area contributed by atoms with Crippen molar-refractivity contribution in [1.82, 2.24) is 5.16 Å². The third kappa shape index (κ3) is 4.18. The van der Waals surface area contributed by atoms with Crippen molar-refractivity contribution in [2.75, 3.05) is 23.4 Å². The zero-order chi connectivity index (χ0) is 20.5. The van der Waals surface area contributed by atoms with Crippen molar-refractivity contribution in [1.29, 1.82) is 0 Å². The Hall–Kier alpha value is -2.83. The first-order chi connectivity index (χ1) is 13.2. The van der Waals surface area contributed by atoms with Crippen molar-refractivity contribution in [3.63, 3.8) is 0 Å². The van der Waals surface area contributed by atoms with E-state index in [1.807, 2.05) is 13.8 Å². The lowest BCUT2D eigenvalue weighted by Gasteiger charge is -2.28. The monoisotopic (exact) mass is 385 g/mol. The summed E-state index contributed by atoms with van der Waals surface area (Å²) in [5.41, 5.74) is 0.815. The Morgan fingerprint density at radius 1 is 1.32 bits per heavy atom. The van der Waals surface area contributed by atoms with Gasteiger partial charge in [0.2, 0.25) is 5.91 Å². The fourth-order valence-electron chi connectivity index (χ4n) is 3.00. The summed E-state index contributed by atoms with van der Waals surface area (Å²) in [6.45, 7) is 10.7. The first-order valence-corrected chi connectivity index (χ1v) is 9.51. The highest BCUT2D eigenvalue weighted by molar-refractivity contribution is 6.04. The molecule has 1 aromatic carbocycles. The van der Waals surface area contributed by atoms with Gasteiger partial charge in [-0.2, -0.15) is 0 Å². The maximum atomic E-state index is 13.1. The summed E-state index contributed by atoms with van der Waals surface area (Å²) in [6.07, 6.45) is 0.871. The van der Waals surface area contributed by atoms with Gasteiger partial charge in [0, 0.05) is 18.3 Å². The van der Waals surface area contributed by atoms with Crippen LogP contribution in [0.4, 0.5) is 11.4 Å². The number of benzene rings is 1. The number of aryl methyl sites for hydroxylation is 1. The van der Waals surface area contributed by atoms with Crippen LogP contribution >= 0.6 is 0 Å². The molecule has 1 aromatic heterocycles. The first kappa shape index (κ1) is 19.9. The number of aromatic nitrogens is 1. The van der Waals surface area contributed by atoms with E-state index in [2.05, 4.69) is 24.3 Å². The topological polar surface area (TPSA) is 84.7 Å². The molecule has 2 amide bonds. The number of rotatable bonds is 5. The van der Waals surface area contributed by atoms with Crippen molar-refractivity contribution in [3.05, 3.63) is 35.7 Å². The van der Waals surface area contributed by atoms with Crippen LogP contribution in [0.1, 0.15) is 50.4 Å². The first-order valence-electron chi connectivity index (χ1n) is 9.51. The maximum absolute atomic E-state index is 13.1. The highest BCUT2D eigenvalue weighted by Crippen LogP contribution is 2.38. The number of hydrogen-bond acceptors (Lipinski definition) is 5. The summed E-state index contributed by atoms with van der Waals surface area (Å²) in [7, 11) is 0. The van der Waals surface area contributed by atoms with Gasteiger partial charge >= 0.3 is 0 Å². The summed E-state index contributed by atoms with van der Waals surface area (Å²) in [5.74, 6) is 1.31. The second kappa shape index (κ2) is 7.66. The molecule has 0 fully saturated rings. The Labute approximate surface area is 165 Å². The van der Waals surface area contributed by atoms with Crippen LogP contribution in [0, 0.1) is 18.3 Å². The number of fused-ring (bicyclic) bond motifs is 1. The van der Waals surface area contributed by atoms with Gasteiger partial charge in [-0.05, 0) is 51.3 Å². The summed E-state index contributed by atoms with van der Waals surface area (Å²) in [5, 5.41) is 6.54. The lowest BCUT2D eigenvalue weighted by Crippen LogP contribution is -2.42. The highest BCUT2D eigenvalue weighted by atomic mass is 16.5. The molecule has 0 radical (unpaired) electrons. The third-order valence-corrected chi connectivity index (χ3v) is 4.71. The number of anilines is 2. The fourth-order valence-corrected chi connectivity index (χ4v) is 3.00. The fraction of sp³-hybridized carbons (Fsp3) is 0.476. The van der Waals surface area contributed by atoms with Crippen molar-refractivity contribution < 1.29 is 18.8 Å². The SMILES string of the molecule is Cc1cc(C(=O)Nc2ccc3c(c2)N(CCC(C)C)C(=O)C(C)(C)CO3)no1. The van der Waals surface area contributed by atoms with Crippen LogP contribution in [0.3, 0.4) is 0 Å². The number of amides is 2. The van der Waals surface area contributed by atoms with Crippen LogP contribution in [-0.2, 0) is 4.79 Å². The molecule has 0 atom stereocenters. The number of ether oxygens (including phenoxy) is 1. The number of nitrogens with zero attached hydrogens (tertiary/aromatic N) is 2. The zero-order valence-electron chi connectivity index (χ0n) is 17.0. The molecule has 0 unspecified atom stereocenters. The minimum absolute atomic E-state index is 0.0162. The van der Waals surface area contributed by atoms with Gasteiger partial charge in [-0.25, -0.2) is 0 Å². The molecule has 0 saturated heterocycles. The molecule has 150 valence electrons. The molecule has 1 aliphatic rings. The maximum Gasteiger partial charge on any atom is 0.277 e. The molecule has 7 heteroatoms. The lowest BCUT2D eigenvalue weighted by atomic mass is 9.92. The molecule has 7 nitrogen and oxygen atoms in total. The van der Waals surface area contributed by atoms with Gasteiger partial charge in [-0.3, -0.25) is 9.59 Å². The largest absolute Gasteiger partial charge is 0.490 e. The summed E-state index contributed by atoms with van der Waals surface area (Å²) in [4.78, 5) is 27.3. The van der Waals surface area contributed by atoms with E-state index in [1.165, 1.54) is 0 Å². The van der Waals surface area contributed by atoms with E-state index in [0.29, 0.717) is 42.0 Å². The molecule has 0 bridgehead atoms. The average Bonchev–Trinajstić information content (AvgIpc) is 3.03. The molecule has 28 heavy (non-hydrogen) atoms. The van der Waals surface area contributed by atoms with Crippen LogP contribution in [0.25, 0.3) is 0 Å². The Morgan fingerprint density at radius 2 is 2.07 bits per heavy atom. The molecular formula is C21H27N3O4. The molecule has 1 aliphatic heterocycles. The average molecular weight is 385 g/mol. The third-order valence-electron chi connectivity index (χ3n) is 4.71. The second-order valence-corrected chi connectivity index (χ2v) is 8.27. The standard InChI is InChI=1S/C21H27N3O4/c1-13(2)8-9-24-17-11-15(22-19(25)16-10-14(3)28-23-16)6-7-18(17)27-12-21(4,5)20(24)26/h6-7,10-11,13H,8-9,12H2,1-5H3,(H,22,25). The Bertz CT molecular complexity index is 886. The second-order valence-electron chi connectivity index (χ2n) is 8.27. The molecule has 3 rings (SSSR count). The van der Waals surface area contributed by atoms with Gasteiger partial charge in [0.15, 0.2) is 5.69 Å². The van der Waals surface area contributed by atoms with E-state index in [4.69, 9.17) is 9.26 Å². The Kier molecular flexibility index (Phi) is 5.45. The quantitative estimate of drug-likeness (QED) is 0.840. The van der Waals surface area contributed by atoms with Crippen LogP contribution in [0.5, 0.6) is 5.75 Å². The van der Waals surface area contributed by atoms with E-state index < -0.39 is 5.41 Å². The summed E-state index contributed by atoms with van der Waals surface area (Å²) >= 11 is 0. The smallest absolute Gasteiger partial charge is 0.277 e. The highest BCUT2D eigenvalue weighted by Gasteiger charge is 2.37. The molecule has 0 aliphatic carbocycles. The summed E-state index contributed by atoms with van der Waals surface area (Å²) < 4.78 is 10.9. The number of carbonyl (C=O) groups excluding carboxylic acids is 2. The minimum atomic E-state index is -0.627. The predicted molar refractivity (Wildman–Crippen MR) is 107 cm³/mol. The van der Waals surface area contributed by atoms with Crippen molar-refractivity contribution in [2.24, 2.45) is 11.3 Å². The van der Waals surface area contributed by atoms with Gasteiger partial charge in [0.05, 0.1) is 11.1 Å². The van der Waals surface area contributed by atoms with E-state index in [0.717, 1.165) is 6.42 Å². The Morgan fingerprint density at radius 3 is 2.71 bits per heavy atom.